The van der Waals surface area contributed by atoms with Gasteiger partial charge in [0.25, 0.3) is 15.9 Å². The van der Waals surface area contributed by atoms with E-state index >= 15 is 0 Å². The highest BCUT2D eigenvalue weighted by molar-refractivity contribution is 7.90. The number of nitrogen functional groups attached to an aromatic ring is 1. The first-order chi connectivity index (χ1) is 18.1. The van der Waals surface area contributed by atoms with E-state index in [1.54, 1.807) is 12.1 Å². The van der Waals surface area contributed by atoms with Crippen LogP contribution in [0.1, 0.15) is 49.9 Å². The van der Waals surface area contributed by atoms with Crippen molar-refractivity contribution in [1.82, 2.24) is 14.7 Å². The fourth-order valence-corrected chi connectivity index (χ4v) is 5.12. The lowest BCUT2D eigenvalue weighted by molar-refractivity contribution is 0.0981. The van der Waals surface area contributed by atoms with Crippen molar-refractivity contribution in [2.75, 3.05) is 30.3 Å². The first-order valence-electron chi connectivity index (χ1n) is 12.6. The van der Waals surface area contributed by atoms with Gasteiger partial charge in [0.15, 0.2) is 5.03 Å². The van der Waals surface area contributed by atoms with Crippen molar-refractivity contribution in [3.8, 4) is 17.0 Å². The smallest absolute Gasteiger partial charge is 0.281 e. The lowest BCUT2D eigenvalue weighted by atomic mass is 10.1. The zero-order valence-corrected chi connectivity index (χ0v) is 22.3. The van der Waals surface area contributed by atoms with E-state index in [4.69, 9.17) is 15.5 Å². The van der Waals surface area contributed by atoms with Crippen molar-refractivity contribution in [2.45, 2.75) is 44.6 Å². The molecule has 3 heterocycles. The molecule has 1 fully saturated rings. The summed E-state index contributed by atoms with van der Waals surface area (Å²) in [6, 6.07) is 11.6. The Morgan fingerprint density at radius 3 is 2.50 bits per heavy atom. The average Bonchev–Trinajstić information content (AvgIpc) is 3.16. The number of sulfonamides is 1. The first kappa shape index (κ1) is 27.3. The molecule has 3 N–H and O–H groups in total. The topological polar surface area (TPSA) is 128 Å². The van der Waals surface area contributed by atoms with Gasteiger partial charge in [-0.05, 0) is 55.2 Å². The largest absolute Gasteiger partial charge is 0.493 e. The predicted octanol–water partition coefficient (Wildman–Crippen LogP) is 4.40. The van der Waals surface area contributed by atoms with Crippen molar-refractivity contribution < 1.29 is 22.3 Å². The van der Waals surface area contributed by atoms with Crippen LogP contribution in [0.2, 0.25) is 0 Å². The Labute approximate surface area is 222 Å². The van der Waals surface area contributed by atoms with Gasteiger partial charge in [0.05, 0.1) is 17.9 Å². The Morgan fingerprint density at radius 1 is 1.08 bits per heavy atom. The van der Waals surface area contributed by atoms with Crippen LogP contribution in [-0.2, 0) is 10.0 Å². The Kier molecular flexibility index (Phi) is 8.45. The highest BCUT2D eigenvalue weighted by Gasteiger charge is 2.26. The number of nitrogens with one attached hydrogen (secondary N) is 1. The number of halogens is 1. The van der Waals surface area contributed by atoms with Crippen molar-refractivity contribution in [3.05, 3.63) is 59.9 Å². The van der Waals surface area contributed by atoms with Gasteiger partial charge in [0.2, 0.25) is 0 Å². The van der Waals surface area contributed by atoms with Gasteiger partial charge < -0.3 is 15.4 Å². The van der Waals surface area contributed by atoms with Crippen LogP contribution >= 0.6 is 0 Å². The van der Waals surface area contributed by atoms with Crippen molar-refractivity contribution in [3.63, 3.8) is 0 Å². The Hall–Kier alpha value is -3.73. The number of nitrogens with zero attached hydrogens (tertiary/aromatic N) is 3. The average molecular weight is 542 g/mol. The molecule has 1 aliphatic rings. The molecular formula is C27H32FN5O4S. The minimum Gasteiger partial charge on any atom is -0.493 e. The minimum absolute atomic E-state index is 0.0171. The van der Waals surface area contributed by atoms with Gasteiger partial charge in [-0.2, -0.15) is 8.42 Å². The number of benzene rings is 1. The van der Waals surface area contributed by atoms with Crippen LogP contribution in [-0.4, -0.2) is 44.0 Å². The summed E-state index contributed by atoms with van der Waals surface area (Å²) in [5.41, 5.74) is 6.64. The number of carbonyl (C=O) groups excluding carboxylic acids is 1. The molecule has 0 unspecified atom stereocenters. The van der Waals surface area contributed by atoms with Crippen LogP contribution in [0.4, 0.5) is 16.0 Å². The number of rotatable bonds is 8. The fraction of sp³-hybridized carbons (Fsp3) is 0.370. The van der Waals surface area contributed by atoms with Gasteiger partial charge in [0.1, 0.15) is 23.2 Å². The zero-order chi connectivity index (χ0) is 27.3. The molecule has 1 aliphatic heterocycles. The molecule has 38 heavy (non-hydrogen) atoms. The lowest BCUT2D eigenvalue weighted by Gasteiger charge is -2.24. The van der Waals surface area contributed by atoms with Gasteiger partial charge in [0, 0.05) is 24.7 Å². The number of aromatic nitrogens is 2. The Balaban J connectivity index is 1.71. The van der Waals surface area contributed by atoms with Crippen LogP contribution in [0.15, 0.2) is 53.6 Å². The van der Waals surface area contributed by atoms with E-state index in [1.807, 2.05) is 18.7 Å². The minimum atomic E-state index is -4.27. The molecule has 4 rings (SSSR count). The van der Waals surface area contributed by atoms with E-state index in [0.717, 1.165) is 25.7 Å². The maximum Gasteiger partial charge on any atom is 0.281 e. The summed E-state index contributed by atoms with van der Waals surface area (Å²) < 4.78 is 48.0. The van der Waals surface area contributed by atoms with Crippen LogP contribution in [0.3, 0.4) is 0 Å². The molecule has 0 bridgehead atoms. The van der Waals surface area contributed by atoms with E-state index in [-0.39, 0.29) is 22.3 Å². The molecule has 1 aromatic carbocycles. The molecule has 0 atom stereocenters. The number of ether oxygens (including phenoxy) is 1. The predicted molar refractivity (Wildman–Crippen MR) is 144 cm³/mol. The summed E-state index contributed by atoms with van der Waals surface area (Å²) in [7, 11) is -4.27. The molecule has 0 radical (unpaired) electrons. The van der Waals surface area contributed by atoms with Crippen LogP contribution in [0.25, 0.3) is 11.3 Å². The molecular weight excluding hydrogens is 509 g/mol. The van der Waals surface area contributed by atoms with E-state index < -0.39 is 21.7 Å². The van der Waals surface area contributed by atoms with E-state index in [1.165, 1.54) is 36.4 Å². The van der Waals surface area contributed by atoms with Gasteiger partial charge in [-0.25, -0.2) is 19.1 Å². The zero-order valence-electron chi connectivity index (χ0n) is 21.5. The summed E-state index contributed by atoms with van der Waals surface area (Å²) in [6.45, 7) is 5.76. The summed E-state index contributed by atoms with van der Waals surface area (Å²) in [4.78, 5) is 23.8. The summed E-state index contributed by atoms with van der Waals surface area (Å²) in [5, 5.41) is -0.361. The van der Waals surface area contributed by atoms with E-state index in [0.29, 0.717) is 42.5 Å². The fourth-order valence-electron chi connectivity index (χ4n) is 4.18. The number of pyridine rings is 2. The standard InChI is InChI=1S/C27H32FN5O4S/c1-18(2)17-37-21-15-19(14-20(28)16-21)23-11-10-22(26(30-23)33-12-5-3-4-6-13-33)27(34)32-38(35,36)25-9-7-8-24(29)31-25/h7-11,14-16,18H,3-6,12-13,17H2,1-2H3,(H2,29,31)(H,32,34). The van der Waals surface area contributed by atoms with Gasteiger partial charge in [-0.15, -0.1) is 0 Å². The summed E-state index contributed by atoms with van der Waals surface area (Å²) >= 11 is 0. The molecule has 2 aromatic heterocycles. The summed E-state index contributed by atoms with van der Waals surface area (Å²) in [5.74, 6) is -0.301. The number of anilines is 2. The summed E-state index contributed by atoms with van der Waals surface area (Å²) in [6.07, 6.45) is 3.92. The molecule has 0 spiro atoms. The third kappa shape index (κ3) is 6.77. The van der Waals surface area contributed by atoms with Gasteiger partial charge in [-0.3, -0.25) is 4.79 Å². The molecule has 11 heteroatoms. The normalized spacial score (nSPS) is 14.3. The Morgan fingerprint density at radius 2 is 1.82 bits per heavy atom. The quantitative estimate of drug-likeness (QED) is 0.430. The monoisotopic (exact) mass is 541 g/mol. The number of amides is 1. The number of nitrogens with two attached hydrogens (primary N) is 1. The van der Waals surface area contributed by atoms with Crippen LogP contribution < -0.4 is 20.1 Å². The highest BCUT2D eigenvalue weighted by Crippen LogP contribution is 2.30. The second-order valence-corrected chi connectivity index (χ2v) is 11.3. The second-order valence-electron chi connectivity index (χ2n) is 9.68. The maximum atomic E-state index is 14.5. The maximum absolute atomic E-state index is 14.5. The molecule has 1 saturated heterocycles. The molecule has 0 aliphatic carbocycles. The highest BCUT2D eigenvalue weighted by atomic mass is 32.2. The molecule has 1 amide bonds. The Bertz CT molecular complexity index is 1410. The molecule has 202 valence electrons. The lowest BCUT2D eigenvalue weighted by Crippen LogP contribution is -2.34. The second kappa shape index (κ2) is 11.8. The number of carbonyl (C=O) groups is 1. The van der Waals surface area contributed by atoms with Gasteiger partial charge in [-0.1, -0.05) is 32.8 Å². The number of hydrogen-bond acceptors (Lipinski definition) is 8. The molecule has 9 nitrogen and oxygen atoms in total. The molecule has 0 saturated carbocycles. The van der Waals surface area contributed by atoms with Crippen molar-refractivity contribution >= 4 is 27.6 Å². The van der Waals surface area contributed by atoms with Crippen LogP contribution in [0, 0.1) is 11.7 Å². The van der Waals surface area contributed by atoms with Crippen molar-refractivity contribution in [2.24, 2.45) is 5.92 Å². The van der Waals surface area contributed by atoms with Crippen LogP contribution in [0.5, 0.6) is 5.75 Å². The SMILES string of the molecule is CC(C)COc1cc(F)cc(-c2ccc(C(=O)NS(=O)(=O)c3cccc(N)n3)c(N3CCCCCC3)n2)c1. The third-order valence-corrected chi connectivity index (χ3v) is 7.26. The first-order valence-corrected chi connectivity index (χ1v) is 14.1. The van der Waals surface area contributed by atoms with E-state index in [9.17, 15) is 17.6 Å². The van der Waals surface area contributed by atoms with Crippen molar-refractivity contribution in [1.29, 1.82) is 0 Å². The van der Waals surface area contributed by atoms with E-state index in [2.05, 4.69) is 9.71 Å². The third-order valence-electron chi connectivity index (χ3n) is 6.02. The molecule has 3 aromatic rings. The van der Waals surface area contributed by atoms with Gasteiger partial charge >= 0.3 is 0 Å². The number of hydrogen-bond donors (Lipinski definition) is 2.